The van der Waals surface area contributed by atoms with Gasteiger partial charge in [0.25, 0.3) is 5.69 Å². The van der Waals surface area contributed by atoms with Gasteiger partial charge < -0.3 is 5.32 Å². The fourth-order valence-corrected chi connectivity index (χ4v) is 4.32. The van der Waals surface area contributed by atoms with Crippen LogP contribution in [0.5, 0.6) is 0 Å². The largest absolute Gasteiger partial charge is 0.312 e. The number of hydrogen-bond donors (Lipinski definition) is 1. The summed E-state index contributed by atoms with van der Waals surface area (Å²) in [6.07, 6.45) is 0. The minimum absolute atomic E-state index is 0.0183. The summed E-state index contributed by atoms with van der Waals surface area (Å²) in [4.78, 5) is 10.1. The van der Waals surface area contributed by atoms with Crippen LogP contribution in [-0.4, -0.2) is 43.3 Å². The highest BCUT2D eigenvalue weighted by atomic mass is 79.9. The molecule has 1 aromatic carbocycles. The number of piperazine rings is 1. The van der Waals surface area contributed by atoms with Gasteiger partial charge in [0.15, 0.2) is 4.90 Å². The van der Waals surface area contributed by atoms with Crippen molar-refractivity contribution in [3.8, 4) is 0 Å². The normalized spacial score (nSPS) is 20.8. The van der Waals surface area contributed by atoms with Gasteiger partial charge in [-0.15, -0.1) is 0 Å². The van der Waals surface area contributed by atoms with E-state index < -0.39 is 20.6 Å². The highest BCUT2D eigenvalue weighted by Gasteiger charge is 2.33. The molecule has 1 saturated heterocycles. The third kappa shape index (κ3) is 3.00. The molecule has 1 aromatic rings. The second-order valence-electron chi connectivity index (χ2n) is 4.59. The molecule has 1 heterocycles. The molecule has 0 bridgehead atoms. The van der Waals surface area contributed by atoms with Crippen molar-refractivity contribution >= 4 is 31.6 Å². The Morgan fingerprint density at radius 3 is 2.80 bits per heavy atom. The first-order valence-corrected chi connectivity index (χ1v) is 8.23. The maximum Gasteiger partial charge on any atom is 0.289 e. The number of sulfonamides is 1. The van der Waals surface area contributed by atoms with E-state index in [9.17, 15) is 18.5 Å². The van der Waals surface area contributed by atoms with Crippen molar-refractivity contribution in [1.82, 2.24) is 9.62 Å². The predicted octanol–water partition coefficient (Wildman–Crippen LogP) is 1.34. The van der Waals surface area contributed by atoms with E-state index in [0.717, 1.165) is 0 Å². The average Bonchev–Trinajstić information content (AvgIpc) is 2.38. The van der Waals surface area contributed by atoms with Crippen LogP contribution in [0.25, 0.3) is 0 Å². The Balaban J connectivity index is 2.48. The molecule has 1 aliphatic heterocycles. The second-order valence-corrected chi connectivity index (χ2v) is 7.41. The number of nitro benzene ring substituents is 1. The molecule has 1 atom stereocenters. The van der Waals surface area contributed by atoms with E-state index in [1.165, 1.54) is 22.5 Å². The zero-order valence-corrected chi connectivity index (χ0v) is 13.1. The van der Waals surface area contributed by atoms with Gasteiger partial charge in [-0.1, -0.05) is 15.9 Å². The van der Waals surface area contributed by atoms with Crippen molar-refractivity contribution in [3.05, 3.63) is 32.8 Å². The first-order chi connectivity index (χ1) is 9.32. The Hall–Kier alpha value is -1.03. The quantitative estimate of drug-likeness (QED) is 0.646. The lowest BCUT2D eigenvalue weighted by molar-refractivity contribution is -0.387. The van der Waals surface area contributed by atoms with Crippen LogP contribution in [0.2, 0.25) is 0 Å². The number of halogens is 1. The van der Waals surface area contributed by atoms with Crippen molar-refractivity contribution < 1.29 is 13.3 Å². The molecule has 1 fully saturated rings. The lowest BCUT2D eigenvalue weighted by atomic mass is 10.3. The van der Waals surface area contributed by atoms with E-state index in [2.05, 4.69) is 21.2 Å². The summed E-state index contributed by atoms with van der Waals surface area (Å²) < 4.78 is 26.9. The highest BCUT2D eigenvalue weighted by Crippen LogP contribution is 2.30. The first kappa shape index (κ1) is 15.4. The van der Waals surface area contributed by atoms with E-state index in [-0.39, 0.29) is 10.9 Å². The molecule has 110 valence electrons. The van der Waals surface area contributed by atoms with Gasteiger partial charge in [0.1, 0.15) is 0 Å². The fraction of sp³-hybridized carbons (Fsp3) is 0.455. The highest BCUT2D eigenvalue weighted by molar-refractivity contribution is 9.10. The van der Waals surface area contributed by atoms with Gasteiger partial charge in [-0.05, 0) is 19.1 Å². The summed E-state index contributed by atoms with van der Waals surface area (Å²) in [5.74, 6) is 0. The van der Waals surface area contributed by atoms with Crippen LogP contribution >= 0.6 is 15.9 Å². The summed E-state index contributed by atoms with van der Waals surface area (Å²) in [6.45, 7) is 3.00. The van der Waals surface area contributed by atoms with Gasteiger partial charge in [0, 0.05) is 36.2 Å². The minimum atomic E-state index is -3.87. The molecule has 9 heteroatoms. The zero-order valence-electron chi connectivity index (χ0n) is 10.7. The summed E-state index contributed by atoms with van der Waals surface area (Å²) in [6, 6.07) is 3.95. The monoisotopic (exact) mass is 363 g/mol. The van der Waals surface area contributed by atoms with E-state index in [4.69, 9.17) is 0 Å². The number of nitrogens with one attached hydrogen (secondary N) is 1. The molecule has 0 aliphatic carbocycles. The molecule has 0 saturated carbocycles. The standard InChI is InChI=1S/C11H14BrN3O4S/c1-8-7-14(5-4-13-8)20(18,19)11-6-9(12)2-3-10(11)15(16)17/h2-3,6,8,13H,4-5,7H2,1H3. The molecule has 0 aromatic heterocycles. The number of nitro groups is 1. The van der Waals surface area contributed by atoms with Crippen molar-refractivity contribution in [2.45, 2.75) is 17.9 Å². The maximum atomic E-state index is 12.6. The van der Waals surface area contributed by atoms with Gasteiger partial charge in [-0.3, -0.25) is 10.1 Å². The summed E-state index contributed by atoms with van der Waals surface area (Å²) >= 11 is 3.16. The summed E-state index contributed by atoms with van der Waals surface area (Å²) in [5, 5.41) is 14.2. The fourth-order valence-electron chi connectivity index (χ4n) is 2.10. The predicted molar refractivity (Wildman–Crippen MR) is 77.0 cm³/mol. The molecule has 2 rings (SSSR count). The van der Waals surface area contributed by atoms with Crippen LogP contribution in [0.4, 0.5) is 5.69 Å². The number of nitrogens with zero attached hydrogens (tertiary/aromatic N) is 2. The molecule has 1 unspecified atom stereocenters. The smallest absolute Gasteiger partial charge is 0.289 e. The summed E-state index contributed by atoms with van der Waals surface area (Å²) in [5.41, 5.74) is -0.403. The number of rotatable bonds is 3. The molecular weight excluding hydrogens is 350 g/mol. The SMILES string of the molecule is CC1CN(S(=O)(=O)c2cc(Br)ccc2[N+](=O)[O-])CCN1. The lowest BCUT2D eigenvalue weighted by Gasteiger charge is -2.30. The Kier molecular flexibility index (Phi) is 4.43. The Bertz CT molecular complexity index is 635. The van der Waals surface area contributed by atoms with E-state index in [1.54, 1.807) is 0 Å². The van der Waals surface area contributed by atoms with Crippen LogP contribution < -0.4 is 5.32 Å². The van der Waals surface area contributed by atoms with Crippen LogP contribution in [0.15, 0.2) is 27.6 Å². The van der Waals surface area contributed by atoms with Gasteiger partial charge in [-0.2, -0.15) is 4.31 Å². The lowest BCUT2D eigenvalue weighted by Crippen LogP contribution is -2.51. The average molecular weight is 364 g/mol. The van der Waals surface area contributed by atoms with Crippen LogP contribution in [0.3, 0.4) is 0 Å². The Morgan fingerprint density at radius 2 is 2.20 bits per heavy atom. The molecule has 1 aliphatic rings. The maximum absolute atomic E-state index is 12.6. The van der Waals surface area contributed by atoms with Crippen molar-refractivity contribution in [2.75, 3.05) is 19.6 Å². The second kappa shape index (κ2) is 5.76. The van der Waals surface area contributed by atoms with E-state index in [0.29, 0.717) is 24.1 Å². The topological polar surface area (TPSA) is 92.5 Å². The Morgan fingerprint density at radius 1 is 1.50 bits per heavy atom. The Labute approximate surface area is 125 Å². The van der Waals surface area contributed by atoms with Crippen LogP contribution in [-0.2, 0) is 10.0 Å². The van der Waals surface area contributed by atoms with Gasteiger partial charge >= 0.3 is 0 Å². The molecule has 7 nitrogen and oxygen atoms in total. The van der Waals surface area contributed by atoms with Crippen molar-refractivity contribution in [2.24, 2.45) is 0 Å². The first-order valence-electron chi connectivity index (χ1n) is 6.00. The minimum Gasteiger partial charge on any atom is -0.312 e. The molecule has 20 heavy (non-hydrogen) atoms. The van der Waals surface area contributed by atoms with Gasteiger partial charge in [0.2, 0.25) is 10.0 Å². The van der Waals surface area contributed by atoms with Crippen LogP contribution in [0, 0.1) is 10.1 Å². The number of benzene rings is 1. The molecule has 0 amide bonds. The van der Waals surface area contributed by atoms with E-state index >= 15 is 0 Å². The van der Waals surface area contributed by atoms with Crippen LogP contribution in [0.1, 0.15) is 6.92 Å². The zero-order chi connectivity index (χ0) is 14.9. The van der Waals surface area contributed by atoms with Gasteiger partial charge in [-0.25, -0.2) is 8.42 Å². The molecule has 0 radical (unpaired) electrons. The van der Waals surface area contributed by atoms with E-state index in [1.807, 2.05) is 6.92 Å². The molecule has 1 N–H and O–H groups in total. The van der Waals surface area contributed by atoms with Crippen molar-refractivity contribution in [1.29, 1.82) is 0 Å². The number of hydrogen-bond acceptors (Lipinski definition) is 5. The van der Waals surface area contributed by atoms with Crippen molar-refractivity contribution in [3.63, 3.8) is 0 Å². The third-order valence-electron chi connectivity index (χ3n) is 3.07. The molecule has 0 spiro atoms. The third-order valence-corrected chi connectivity index (χ3v) is 5.46. The van der Waals surface area contributed by atoms with Gasteiger partial charge in [0.05, 0.1) is 4.92 Å². The molecular formula is C11H14BrN3O4S. The summed E-state index contributed by atoms with van der Waals surface area (Å²) in [7, 11) is -3.87.